The van der Waals surface area contributed by atoms with Crippen molar-refractivity contribution < 1.29 is 9.59 Å². The Morgan fingerprint density at radius 2 is 2.26 bits per heavy atom. The number of hydrogen-bond acceptors (Lipinski definition) is 4. The van der Waals surface area contributed by atoms with Gasteiger partial charge in [-0.1, -0.05) is 12.1 Å². The van der Waals surface area contributed by atoms with Gasteiger partial charge in [-0.2, -0.15) is 0 Å². The summed E-state index contributed by atoms with van der Waals surface area (Å²) in [4.78, 5) is 31.5. The lowest BCUT2D eigenvalue weighted by Crippen LogP contribution is -2.34. The number of thiophene rings is 1. The summed E-state index contributed by atoms with van der Waals surface area (Å²) in [5.74, 6) is -0.262. The van der Waals surface area contributed by atoms with Gasteiger partial charge in [-0.3, -0.25) is 14.6 Å². The molecule has 23 heavy (non-hydrogen) atoms. The molecule has 1 aliphatic rings. The fourth-order valence-corrected chi connectivity index (χ4v) is 3.40. The molecule has 0 aromatic carbocycles. The van der Waals surface area contributed by atoms with Gasteiger partial charge in [0.2, 0.25) is 11.8 Å². The highest BCUT2D eigenvalue weighted by Crippen LogP contribution is 2.20. The van der Waals surface area contributed by atoms with E-state index in [0.717, 1.165) is 12.1 Å². The Labute approximate surface area is 139 Å². The van der Waals surface area contributed by atoms with E-state index in [1.807, 2.05) is 29.6 Å². The number of likely N-dealkylation sites (tertiary alicyclic amines) is 1. The summed E-state index contributed by atoms with van der Waals surface area (Å²) in [5.41, 5.74) is 0.847. The zero-order valence-electron chi connectivity index (χ0n) is 12.8. The van der Waals surface area contributed by atoms with Gasteiger partial charge in [-0.05, 0) is 30.0 Å². The van der Waals surface area contributed by atoms with Crippen LogP contribution >= 0.6 is 11.3 Å². The lowest BCUT2D eigenvalue weighted by atomic mass is 10.1. The summed E-state index contributed by atoms with van der Waals surface area (Å²) < 4.78 is 0. The lowest BCUT2D eigenvalue weighted by molar-refractivity contribution is -0.129. The standard InChI is InChI=1S/C17H19N3O2S/c21-16-10-13(11-20(16)12-14-4-1-2-7-18-14)17(22)19-8-6-15-5-3-9-23-15/h1-5,7,9,13H,6,8,10-12H2,(H,19,22). The van der Waals surface area contributed by atoms with E-state index < -0.39 is 0 Å². The van der Waals surface area contributed by atoms with Crippen LogP contribution in [0.25, 0.3) is 0 Å². The molecule has 3 heterocycles. The van der Waals surface area contributed by atoms with Crippen LogP contribution in [0.4, 0.5) is 0 Å². The summed E-state index contributed by atoms with van der Waals surface area (Å²) in [7, 11) is 0. The number of carbonyl (C=O) groups excluding carboxylic acids is 2. The van der Waals surface area contributed by atoms with Gasteiger partial charge in [0.1, 0.15) is 0 Å². The zero-order valence-corrected chi connectivity index (χ0v) is 13.6. The predicted octanol–water partition coefficient (Wildman–Crippen LogP) is 1.85. The highest BCUT2D eigenvalue weighted by molar-refractivity contribution is 7.09. The number of aromatic nitrogens is 1. The van der Waals surface area contributed by atoms with Crippen molar-refractivity contribution in [1.82, 2.24) is 15.2 Å². The Morgan fingerprint density at radius 3 is 3.00 bits per heavy atom. The molecule has 1 unspecified atom stereocenters. The molecule has 1 aliphatic heterocycles. The van der Waals surface area contributed by atoms with E-state index in [1.165, 1.54) is 4.88 Å². The van der Waals surface area contributed by atoms with Gasteiger partial charge in [-0.15, -0.1) is 11.3 Å². The maximum absolute atomic E-state index is 12.2. The molecule has 0 bridgehead atoms. The van der Waals surface area contributed by atoms with Crippen LogP contribution in [0.2, 0.25) is 0 Å². The maximum atomic E-state index is 12.2. The van der Waals surface area contributed by atoms with Gasteiger partial charge in [0.25, 0.3) is 0 Å². The van der Waals surface area contributed by atoms with E-state index in [-0.39, 0.29) is 24.2 Å². The minimum atomic E-state index is -0.255. The molecule has 5 nitrogen and oxygen atoms in total. The largest absolute Gasteiger partial charge is 0.355 e. The normalized spacial score (nSPS) is 17.5. The Kier molecular flexibility index (Phi) is 5.02. The maximum Gasteiger partial charge on any atom is 0.225 e. The molecule has 3 rings (SSSR count). The number of amides is 2. The van der Waals surface area contributed by atoms with E-state index in [0.29, 0.717) is 19.6 Å². The third-order valence-corrected chi connectivity index (χ3v) is 4.85. The monoisotopic (exact) mass is 329 g/mol. The van der Waals surface area contributed by atoms with Gasteiger partial charge in [0.05, 0.1) is 18.2 Å². The Balaban J connectivity index is 1.47. The summed E-state index contributed by atoms with van der Waals surface area (Å²) in [6.07, 6.45) is 2.84. The van der Waals surface area contributed by atoms with E-state index in [1.54, 1.807) is 22.4 Å². The SMILES string of the molecule is O=C(NCCc1cccs1)C1CC(=O)N(Cc2ccccn2)C1. The van der Waals surface area contributed by atoms with Crippen LogP contribution in [0.1, 0.15) is 17.0 Å². The van der Waals surface area contributed by atoms with Gasteiger partial charge < -0.3 is 10.2 Å². The second-order valence-electron chi connectivity index (χ2n) is 5.62. The van der Waals surface area contributed by atoms with Crippen LogP contribution in [0.15, 0.2) is 41.9 Å². The summed E-state index contributed by atoms with van der Waals surface area (Å²) >= 11 is 1.69. The van der Waals surface area contributed by atoms with Crippen LogP contribution in [-0.2, 0) is 22.6 Å². The number of nitrogens with one attached hydrogen (secondary N) is 1. The fourth-order valence-electron chi connectivity index (χ4n) is 2.70. The molecular weight excluding hydrogens is 310 g/mol. The quantitative estimate of drug-likeness (QED) is 0.880. The number of pyridine rings is 1. The third kappa shape index (κ3) is 4.16. The molecule has 1 fully saturated rings. The minimum absolute atomic E-state index is 0.0223. The molecular formula is C17H19N3O2S. The van der Waals surface area contributed by atoms with Gasteiger partial charge in [0.15, 0.2) is 0 Å². The van der Waals surface area contributed by atoms with Crippen molar-refractivity contribution in [3.05, 3.63) is 52.5 Å². The molecule has 0 aliphatic carbocycles. The van der Waals surface area contributed by atoms with E-state index in [2.05, 4.69) is 16.4 Å². The molecule has 0 spiro atoms. The second-order valence-corrected chi connectivity index (χ2v) is 6.65. The van der Waals surface area contributed by atoms with Gasteiger partial charge >= 0.3 is 0 Å². The third-order valence-electron chi connectivity index (χ3n) is 3.92. The van der Waals surface area contributed by atoms with E-state index >= 15 is 0 Å². The number of hydrogen-bond donors (Lipinski definition) is 1. The van der Waals surface area contributed by atoms with Crippen LogP contribution in [0.5, 0.6) is 0 Å². The van der Waals surface area contributed by atoms with Crippen molar-refractivity contribution in [3.63, 3.8) is 0 Å². The first-order valence-electron chi connectivity index (χ1n) is 7.70. The molecule has 1 N–H and O–H groups in total. The first kappa shape index (κ1) is 15.7. The molecule has 0 radical (unpaired) electrons. The predicted molar refractivity (Wildman–Crippen MR) is 88.8 cm³/mol. The Hall–Kier alpha value is -2.21. The fraction of sp³-hybridized carbons (Fsp3) is 0.353. The molecule has 1 atom stereocenters. The van der Waals surface area contributed by atoms with Crippen molar-refractivity contribution in [2.45, 2.75) is 19.4 Å². The van der Waals surface area contributed by atoms with Crippen LogP contribution in [-0.4, -0.2) is 34.8 Å². The summed E-state index contributed by atoms with van der Waals surface area (Å²) in [5, 5.41) is 4.97. The molecule has 2 aromatic heterocycles. The van der Waals surface area contributed by atoms with E-state index in [9.17, 15) is 9.59 Å². The smallest absolute Gasteiger partial charge is 0.225 e. The lowest BCUT2D eigenvalue weighted by Gasteiger charge is -2.16. The number of nitrogens with zero attached hydrogens (tertiary/aromatic N) is 2. The summed E-state index contributed by atoms with van der Waals surface area (Å²) in [6, 6.07) is 9.70. The van der Waals surface area contributed by atoms with Crippen molar-refractivity contribution in [3.8, 4) is 0 Å². The van der Waals surface area contributed by atoms with Crippen molar-refractivity contribution in [1.29, 1.82) is 0 Å². The molecule has 0 saturated carbocycles. The van der Waals surface area contributed by atoms with Gasteiger partial charge in [-0.25, -0.2) is 0 Å². The van der Waals surface area contributed by atoms with Crippen molar-refractivity contribution >= 4 is 23.2 Å². The minimum Gasteiger partial charge on any atom is -0.355 e. The van der Waals surface area contributed by atoms with Crippen LogP contribution in [0, 0.1) is 5.92 Å². The first-order valence-corrected chi connectivity index (χ1v) is 8.58. The van der Waals surface area contributed by atoms with Crippen molar-refractivity contribution in [2.24, 2.45) is 5.92 Å². The highest BCUT2D eigenvalue weighted by atomic mass is 32.1. The number of carbonyl (C=O) groups is 2. The molecule has 6 heteroatoms. The molecule has 120 valence electrons. The second kappa shape index (κ2) is 7.37. The van der Waals surface area contributed by atoms with Crippen LogP contribution < -0.4 is 5.32 Å². The number of rotatable bonds is 6. The van der Waals surface area contributed by atoms with Gasteiger partial charge in [0, 0.05) is 30.6 Å². The summed E-state index contributed by atoms with van der Waals surface area (Å²) in [6.45, 7) is 1.56. The first-order chi connectivity index (χ1) is 11.2. The molecule has 2 aromatic rings. The molecule has 1 saturated heterocycles. The molecule has 2 amide bonds. The zero-order chi connectivity index (χ0) is 16.1. The average Bonchev–Trinajstić information content (AvgIpc) is 3.19. The topological polar surface area (TPSA) is 62.3 Å². The Bertz CT molecular complexity index is 658. The highest BCUT2D eigenvalue weighted by Gasteiger charge is 2.34. The van der Waals surface area contributed by atoms with Crippen molar-refractivity contribution in [2.75, 3.05) is 13.1 Å². The average molecular weight is 329 g/mol. The Morgan fingerprint density at radius 1 is 1.35 bits per heavy atom. The van der Waals surface area contributed by atoms with E-state index in [4.69, 9.17) is 0 Å². The van der Waals surface area contributed by atoms with Crippen LogP contribution in [0.3, 0.4) is 0 Å².